The number of carbonyl (C=O) groups is 1. The van der Waals surface area contributed by atoms with Gasteiger partial charge in [-0.3, -0.25) is 4.79 Å². The first kappa shape index (κ1) is 20.9. The monoisotopic (exact) mass is 381 g/mol. The largest absolute Gasteiger partial charge is 0.324 e. The molecule has 0 saturated carbocycles. The lowest BCUT2D eigenvalue weighted by molar-refractivity contribution is -0.116. The topological polar surface area (TPSA) is 69.7 Å². The molecule has 1 aliphatic rings. The molecule has 2 unspecified atom stereocenters. The Labute approximate surface area is 157 Å². The van der Waals surface area contributed by atoms with Gasteiger partial charge < -0.3 is 5.32 Å². The molecule has 146 valence electrons. The number of aryl methyl sites for hydroxylation is 3. The Kier molecular flexibility index (Phi) is 6.47. The number of carbonyl (C=O) groups excluding carboxylic acids is 1. The van der Waals surface area contributed by atoms with Crippen molar-refractivity contribution in [3.8, 4) is 0 Å². The summed E-state index contributed by atoms with van der Waals surface area (Å²) in [5.74, 6) is 0.325. The van der Waals surface area contributed by atoms with E-state index in [1.165, 1.54) is 11.4 Å². The average Bonchev–Trinajstić information content (AvgIpc) is 2.49. The molecule has 1 amide bonds. The van der Waals surface area contributed by atoms with E-state index in [1.54, 1.807) is 0 Å². The van der Waals surface area contributed by atoms with Crippen LogP contribution in [0.2, 0.25) is 0 Å². The number of amides is 1. The van der Waals surface area contributed by atoms with Crippen molar-refractivity contribution in [2.75, 3.05) is 32.0 Å². The molecule has 0 bridgehead atoms. The van der Waals surface area contributed by atoms with E-state index in [4.69, 9.17) is 0 Å². The van der Waals surface area contributed by atoms with Gasteiger partial charge in [-0.2, -0.15) is 17.0 Å². The van der Waals surface area contributed by atoms with Crippen LogP contribution in [0.25, 0.3) is 0 Å². The van der Waals surface area contributed by atoms with Crippen molar-refractivity contribution in [2.45, 2.75) is 41.0 Å². The van der Waals surface area contributed by atoms with Crippen LogP contribution in [0.3, 0.4) is 0 Å². The van der Waals surface area contributed by atoms with Gasteiger partial charge in [-0.05, 0) is 50.2 Å². The number of nitrogens with one attached hydrogen (secondary N) is 1. The predicted octanol–water partition coefficient (Wildman–Crippen LogP) is 2.70. The van der Waals surface area contributed by atoms with Crippen LogP contribution in [-0.4, -0.2) is 49.6 Å². The molecule has 1 fully saturated rings. The lowest BCUT2D eigenvalue weighted by Crippen LogP contribution is -2.49. The van der Waals surface area contributed by atoms with Crippen LogP contribution in [0, 0.1) is 32.6 Å². The predicted molar refractivity (Wildman–Crippen MR) is 105 cm³/mol. The third-order valence-corrected chi connectivity index (χ3v) is 6.73. The number of rotatable bonds is 5. The van der Waals surface area contributed by atoms with E-state index >= 15 is 0 Å². The minimum Gasteiger partial charge on any atom is -0.324 e. The van der Waals surface area contributed by atoms with Crippen molar-refractivity contribution in [3.63, 3.8) is 0 Å². The van der Waals surface area contributed by atoms with Crippen LogP contribution >= 0.6 is 0 Å². The normalized spacial score (nSPS) is 21.8. The first-order chi connectivity index (χ1) is 12.0. The number of hydrogen-bond donors (Lipinski definition) is 1. The Morgan fingerprint density at radius 2 is 1.65 bits per heavy atom. The molecule has 1 aliphatic heterocycles. The van der Waals surface area contributed by atoms with Crippen molar-refractivity contribution in [2.24, 2.45) is 11.8 Å². The van der Waals surface area contributed by atoms with Gasteiger partial charge in [-0.25, -0.2) is 0 Å². The van der Waals surface area contributed by atoms with Gasteiger partial charge in [-0.15, -0.1) is 0 Å². The molecule has 0 spiro atoms. The van der Waals surface area contributed by atoms with E-state index in [0.717, 1.165) is 33.1 Å². The SMILES string of the molecule is Cc1cc(C)c(NC(=O)CN(C)S(=O)(=O)N2CC(C)CC(C)C2)c(C)c1. The molecule has 0 radical (unpaired) electrons. The lowest BCUT2D eigenvalue weighted by Gasteiger charge is -2.36. The first-order valence-electron chi connectivity index (χ1n) is 9.09. The summed E-state index contributed by atoms with van der Waals surface area (Å²) in [6, 6.07) is 4.00. The van der Waals surface area contributed by atoms with Crippen molar-refractivity contribution < 1.29 is 13.2 Å². The third-order valence-electron chi connectivity index (χ3n) is 4.86. The average molecular weight is 382 g/mol. The zero-order valence-electron chi connectivity index (χ0n) is 16.7. The Morgan fingerprint density at radius 3 is 2.15 bits per heavy atom. The zero-order chi connectivity index (χ0) is 19.6. The second kappa shape index (κ2) is 8.06. The van der Waals surface area contributed by atoms with E-state index in [-0.39, 0.29) is 12.5 Å². The molecule has 2 atom stereocenters. The minimum atomic E-state index is -3.64. The van der Waals surface area contributed by atoms with Crippen LogP contribution < -0.4 is 5.32 Å². The lowest BCUT2D eigenvalue weighted by atomic mass is 9.94. The molecular formula is C19H31N3O3S. The van der Waals surface area contributed by atoms with Gasteiger partial charge in [-0.1, -0.05) is 31.5 Å². The molecule has 6 nitrogen and oxygen atoms in total. The Hall–Kier alpha value is -1.44. The number of piperidine rings is 1. The van der Waals surface area contributed by atoms with Gasteiger partial charge >= 0.3 is 0 Å². The van der Waals surface area contributed by atoms with E-state index in [9.17, 15) is 13.2 Å². The fourth-order valence-corrected chi connectivity index (χ4v) is 5.39. The molecule has 1 N–H and O–H groups in total. The Morgan fingerprint density at radius 1 is 1.15 bits per heavy atom. The van der Waals surface area contributed by atoms with Crippen LogP contribution in [0.4, 0.5) is 5.69 Å². The number of hydrogen-bond acceptors (Lipinski definition) is 3. The summed E-state index contributed by atoms with van der Waals surface area (Å²) in [7, 11) is -2.17. The summed E-state index contributed by atoms with van der Waals surface area (Å²) in [5, 5.41) is 2.87. The maximum atomic E-state index is 12.8. The standard InChI is InChI=1S/C19H31N3O3S/c1-13-8-16(4)19(17(5)9-13)20-18(23)12-21(6)26(24,25)22-10-14(2)7-15(3)11-22/h8-9,14-15H,7,10-12H2,1-6H3,(H,20,23). The summed E-state index contributed by atoms with van der Waals surface area (Å²) < 4.78 is 28.3. The third kappa shape index (κ3) is 4.84. The Bertz CT molecular complexity index is 743. The van der Waals surface area contributed by atoms with Gasteiger partial charge in [0.25, 0.3) is 10.2 Å². The summed E-state index contributed by atoms with van der Waals surface area (Å²) in [5.41, 5.74) is 3.83. The number of anilines is 1. The van der Waals surface area contributed by atoms with E-state index < -0.39 is 10.2 Å². The summed E-state index contributed by atoms with van der Waals surface area (Å²) in [4.78, 5) is 12.4. The van der Waals surface area contributed by atoms with Crippen LogP contribution in [0.1, 0.15) is 37.0 Å². The molecule has 0 aromatic heterocycles. The molecule has 1 aromatic carbocycles. The van der Waals surface area contributed by atoms with Crippen molar-refractivity contribution in [1.29, 1.82) is 0 Å². The summed E-state index contributed by atoms with van der Waals surface area (Å²) >= 11 is 0. The fourth-order valence-electron chi connectivity index (χ4n) is 3.83. The van der Waals surface area contributed by atoms with E-state index in [1.807, 2.05) is 32.9 Å². The van der Waals surface area contributed by atoms with Gasteiger partial charge in [0.05, 0.1) is 6.54 Å². The van der Waals surface area contributed by atoms with E-state index in [0.29, 0.717) is 24.9 Å². The van der Waals surface area contributed by atoms with Crippen molar-refractivity contribution in [1.82, 2.24) is 8.61 Å². The van der Waals surface area contributed by atoms with Gasteiger partial charge in [0, 0.05) is 25.8 Å². The van der Waals surface area contributed by atoms with E-state index in [2.05, 4.69) is 19.2 Å². The molecule has 26 heavy (non-hydrogen) atoms. The second-order valence-electron chi connectivity index (χ2n) is 7.85. The van der Waals surface area contributed by atoms with Gasteiger partial charge in [0.15, 0.2) is 0 Å². The molecule has 1 saturated heterocycles. The summed E-state index contributed by atoms with van der Waals surface area (Å²) in [6.07, 6.45) is 1.03. The Balaban J connectivity index is 2.06. The summed E-state index contributed by atoms with van der Waals surface area (Å²) in [6.45, 7) is 10.8. The number of nitrogens with zero attached hydrogens (tertiary/aromatic N) is 2. The maximum Gasteiger partial charge on any atom is 0.282 e. The van der Waals surface area contributed by atoms with Crippen molar-refractivity contribution >= 4 is 21.8 Å². The second-order valence-corrected chi connectivity index (χ2v) is 9.88. The van der Waals surface area contributed by atoms with Crippen LogP contribution in [0.5, 0.6) is 0 Å². The zero-order valence-corrected chi connectivity index (χ0v) is 17.5. The highest BCUT2D eigenvalue weighted by molar-refractivity contribution is 7.86. The van der Waals surface area contributed by atoms with Crippen LogP contribution in [0.15, 0.2) is 12.1 Å². The first-order valence-corrected chi connectivity index (χ1v) is 10.5. The highest BCUT2D eigenvalue weighted by Crippen LogP contribution is 2.25. The molecule has 1 heterocycles. The fraction of sp³-hybridized carbons (Fsp3) is 0.632. The quantitative estimate of drug-likeness (QED) is 0.852. The smallest absolute Gasteiger partial charge is 0.282 e. The molecular weight excluding hydrogens is 350 g/mol. The molecule has 7 heteroatoms. The van der Waals surface area contributed by atoms with Crippen LogP contribution in [-0.2, 0) is 15.0 Å². The molecule has 0 aliphatic carbocycles. The molecule has 1 aromatic rings. The highest BCUT2D eigenvalue weighted by Gasteiger charge is 2.33. The number of benzene rings is 1. The maximum absolute atomic E-state index is 12.8. The number of likely N-dealkylation sites (N-methyl/N-ethyl adjacent to an activating group) is 1. The molecule has 2 rings (SSSR count). The minimum absolute atomic E-state index is 0.200. The van der Waals surface area contributed by atoms with Gasteiger partial charge in [0.1, 0.15) is 0 Å². The highest BCUT2D eigenvalue weighted by atomic mass is 32.2. The van der Waals surface area contributed by atoms with Gasteiger partial charge in [0.2, 0.25) is 5.91 Å². The van der Waals surface area contributed by atoms with Crippen molar-refractivity contribution in [3.05, 3.63) is 28.8 Å².